The van der Waals surface area contributed by atoms with Gasteiger partial charge in [0.25, 0.3) is 0 Å². The summed E-state index contributed by atoms with van der Waals surface area (Å²) in [5.41, 5.74) is 0. The number of nitrogens with one attached hydrogen (secondary N) is 2. The summed E-state index contributed by atoms with van der Waals surface area (Å²) in [7, 11) is 2.00. The molecule has 6 heteroatoms. The van der Waals surface area contributed by atoms with Gasteiger partial charge in [-0.25, -0.2) is 0 Å². The topological polar surface area (TPSA) is 77.1 Å². The lowest BCUT2D eigenvalue weighted by Gasteiger charge is -2.31. The molecular weight excluding hydrogens is 230 g/mol. The van der Waals surface area contributed by atoms with Crippen LogP contribution < -0.4 is 10.2 Å². The lowest BCUT2D eigenvalue weighted by atomic mass is 9.98. The Bertz CT molecular complexity index is 352. The van der Waals surface area contributed by atoms with Crippen molar-refractivity contribution in [2.24, 2.45) is 5.92 Å². The second kappa shape index (κ2) is 6.70. The van der Waals surface area contributed by atoms with Gasteiger partial charge in [0.1, 0.15) is 5.82 Å². The van der Waals surface area contributed by atoms with E-state index in [0.29, 0.717) is 5.92 Å². The van der Waals surface area contributed by atoms with Crippen molar-refractivity contribution in [3.8, 4) is 0 Å². The molecule has 2 rings (SSSR count). The van der Waals surface area contributed by atoms with Gasteiger partial charge in [-0.05, 0) is 38.8 Å². The number of aromatic nitrogens is 3. The third-order valence-corrected chi connectivity index (χ3v) is 3.39. The minimum atomic E-state index is 0.198. The molecule has 1 aromatic heterocycles. The number of aromatic amines is 1. The lowest BCUT2D eigenvalue weighted by molar-refractivity contribution is 0.287. The first-order chi connectivity index (χ1) is 8.83. The highest BCUT2D eigenvalue weighted by Crippen LogP contribution is 2.19. The van der Waals surface area contributed by atoms with E-state index < -0.39 is 0 Å². The highest BCUT2D eigenvalue weighted by Gasteiger charge is 2.22. The summed E-state index contributed by atoms with van der Waals surface area (Å²) in [6.45, 7) is 3.32. The van der Waals surface area contributed by atoms with E-state index in [-0.39, 0.29) is 6.61 Å². The van der Waals surface area contributed by atoms with Crippen LogP contribution in [0, 0.1) is 5.92 Å². The summed E-state index contributed by atoms with van der Waals surface area (Å²) < 4.78 is 0. The highest BCUT2D eigenvalue weighted by atomic mass is 16.2. The summed E-state index contributed by atoms with van der Waals surface area (Å²) in [4.78, 5) is 6.75. The molecule has 0 aromatic carbocycles. The molecule has 0 spiro atoms. The molecule has 1 fully saturated rings. The zero-order chi connectivity index (χ0) is 12.8. The number of nitrogens with zero attached hydrogens (tertiary/aromatic N) is 3. The fraction of sp³-hybridized carbons (Fsp3) is 0.833. The van der Waals surface area contributed by atoms with Gasteiger partial charge in [-0.1, -0.05) is 0 Å². The molecular formula is C12H23N5O. The average molecular weight is 253 g/mol. The predicted molar refractivity (Wildman–Crippen MR) is 70.7 cm³/mol. The smallest absolute Gasteiger partial charge is 0.244 e. The van der Waals surface area contributed by atoms with Gasteiger partial charge in [0.05, 0.1) is 0 Å². The molecule has 18 heavy (non-hydrogen) atoms. The number of hydrogen-bond donors (Lipinski definition) is 3. The Labute approximate surface area is 108 Å². The average Bonchev–Trinajstić information content (AvgIpc) is 2.86. The van der Waals surface area contributed by atoms with Crippen LogP contribution in [0.2, 0.25) is 0 Å². The van der Waals surface area contributed by atoms with Gasteiger partial charge in [0.15, 0.2) is 0 Å². The van der Waals surface area contributed by atoms with E-state index in [1.54, 1.807) is 0 Å². The number of aliphatic hydroxyl groups is 1. The summed E-state index contributed by atoms with van der Waals surface area (Å²) in [5.74, 6) is 2.36. The van der Waals surface area contributed by atoms with Crippen molar-refractivity contribution in [2.45, 2.75) is 25.7 Å². The van der Waals surface area contributed by atoms with Crippen molar-refractivity contribution < 1.29 is 5.11 Å². The van der Waals surface area contributed by atoms with Gasteiger partial charge in [-0.2, -0.15) is 4.98 Å². The van der Waals surface area contributed by atoms with Crippen LogP contribution in [0.5, 0.6) is 0 Å². The summed E-state index contributed by atoms with van der Waals surface area (Å²) in [5, 5.41) is 19.3. The standard InChI is InChI=1S/C12H23N5O/c1-13-8-10-4-2-6-17(9-10)12-14-11(15-16-12)5-3-7-18/h10,13,18H,2-9H2,1H3,(H,14,15,16). The van der Waals surface area contributed by atoms with Crippen molar-refractivity contribution in [2.75, 3.05) is 38.2 Å². The Morgan fingerprint density at radius 1 is 1.56 bits per heavy atom. The van der Waals surface area contributed by atoms with Gasteiger partial charge in [0.2, 0.25) is 5.95 Å². The van der Waals surface area contributed by atoms with E-state index >= 15 is 0 Å². The summed E-state index contributed by atoms with van der Waals surface area (Å²) in [6, 6.07) is 0. The Morgan fingerprint density at radius 2 is 2.44 bits per heavy atom. The molecule has 1 atom stereocenters. The molecule has 0 aliphatic carbocycles. The normalized spacial score (nSPS) is 20.3. The maximum absolute atomic E-state index is 8.80. The quantitative estimate of drug-likeness (QED) is 0.673. The lowest BCUT2D eigenvalue weighted by Crippen LogP contribution is -2.39. The molecule has 0 bridgehead atoms. The molecule has 1 aliphatic heterocycles. The Hall–Kier alpha value is -1.14. The van der Waals surface area contributed by atoms with E-state index in [2.05, 4.69) is 25.4 Å². The minimum absolute atomic E-state index is 0.198. The van der Waals surface area contributed by atoms with E-state index in [1.165, 1.54) is 12.8 Å². The first kappa shape index (κ1) is 13.3. The third-order valence-electron chi connectivity index (χ3n) is 3.39. The van der Waals surface area contributed by atoms with Crippen LogP contribution >= 0.6 is 0 Å². The Kier molecular flexibility index (Phi) is 4.95. The molecule has 0 amide bonds. The van der Waals surface area contributed by atoms with E-state index in [4.69, 9.17) is 5.11 Å². The van der Waals surface area contributed by atoms with Crippen LogP contribution in [0.15, 0.2) is 0 Å². The minimum Gasteiger partial charge on any atom is -0.396 e. The molecule has 1 aliphatic rings. The number of aliphatic hydroxyl groups excluding tert-OH is 1. The molecule has 102 valence electrons. The molecule has 2 heterocycles. The van der Waals surface area contributed by atoms with Crippen molar-refractivity contribution in [1.29, 1.82) is 0 Å². The monoisotopic (exact) mass is 253 g/mol. The second-order valence-corrected chi connectivity index (χ2v) is 4.92. The van der Waals surface area contributed by atoms with Crippen molar-refractivity contribution in [1.82, 2.24) is 20.5 Å². The van der Waals surface area contributed by atoms with E-state index in [1.807, 2.05) is 7.05 Å². The number of aryl methyl sites for hydroxylation is 1. The Balaban J connectivity index is 1.91. The van der Waals surface area contributed by atoms with Gasteiger partial charge >= 0.3 is 0 Å². The van der Waals surface area contributed by atoms with Crippen molar-refractivity contribution in [3.05, 3.63) is 5.82 Å². The molecule has 1 unspecified atom stereocenters. The van der Waals surface area contributed by atoms with Crippen LogP contribution in [0.3, 0.4) is 0 Å². The summed E-state index contributed by atoms with van der Waals surface area (Å²) in [6.07, 6.45) is 3.97. The predicted octanol–water partition coefficient (Wildman–Crippen LogP) is 0.165. The van der Waals surface area contributed by atoms with Crippen LogP contribution in [-0.4, -0.2) is 53.6 Å². The molecule has 1 saturated heterocycles. The van der Waals surface area contributed by atoms with Crippen LogP contribution in [-0.2, 0) is 6.42 Å². The molecule has 6 nitrogen and oxygen atoms in total. The van der Waals surface area contributed by atoms with Crippen LogP contribution in [0.4, 0.5) is 5.95 Å². The van der Waals surface area contributed by atoms with Gasteiger partial charge in [-0.3, -0.25) is 5.10 Å². The third kappa shape index (κ3) is 3.43. The fourth-order valence-corrected chi connectivity index (χ4v) is 2.49. The van der Waals surface area contributed by atoms with Gasteiger partial charge < -0.3 is 15.3 Å². The number of anilines is 1. The maximum atomic E-state index is 8.80. The second-order valence-electron chi connectivity index (χ2n) is 4.92. The first-order valence-corrected chi connectivity index (χ1v) is 6.75. The van der Waals surface area contributed by atoms with Gasteiger partial charge in [-0.15, -0.1) is 5.10 Å². The zero-order valence-corrected chi connectivity index (χ0v) is 11.0. The molecule has 1 aromatic rings. The van der Waals surface area contributed by atoms with E-state index in [9.17, 15) is 0 Å². The van der Waals surface area contributed by atoms with E-state index in [0.717, 1.165) is 44.2 Å². The van der Waals surface area contributed by atoms with Gasteiger partial charge in [0, 0.05) is 26.1 Å². The largest absolute Gasteiger partial charge is 0.396 e. The molecule has 0 radical (unpaired) electrons. The SMILES string of the molecule is CNCC1CCCN(c2n[nH]c(CCCO)n2)C1. The first-order valence-electron chi connectivity index (χ1n) is 6.75. The number of H-pyrrole nitrogens is 1. The number of hydrogen-bond acceptors (Lipinski definition) is 5. The molecule has 3 N–H and O–H groups in total. The van der Waals surface area contributed by atoms with Crippen LogP contribution in [0.25, 0.3) is 0 Å². The zero-order valence-electron chi connectivity index (χ0n) is 11.0. The maximum Gasteiger partial charge on any atom is 0.244 e. The molecule has 0 saturated carbocycles. The number of rotatable bonds is 6. The summed E-state index contributed by atoms with van der Waals surface area (Å²) >= 11 is 0. The number of piperidine rings is 1. The fourth-order valence-electron chi connectivity index (χ4n) is 2.49. The highest BCUT2D eigenvalue weighted by molar-refractivity contribution is 5.29. The van der Waals surface area contributed by atoms with Crippen molar-refractivity contribution >= 4 is 5.95 Å². The van der Waals surface area contributed by atoms with Crippen LogP contribution in [0.1, 0.15) is 25.1 Å². The van der Waals surface area contributed by atoms with Crippen molar-refractivity contribution in [3.63, 3.8) is 0 Å². The Morgan fingerprint density at radius 3 is 3.22 bits per heavy atom.